The fraction of sp³-hybridized carbons (Fsp3) is 0.703. The van der Waals surface area contributed by atoms with E-state index in [4.69, 9.17) is 9.47 Å². The molecule has 0 fully saturated rings. The van der Waals surface area contributed by atoms with Gasteiger partial charge in [-0.05, 0) is 89.9 Å². The van der Waals surface area contributed by atoms with Crippen LogP contribution in [0.2, 0.25) is 0 Å². The van der Waals surface area contributed by atoms with Crippen molar-refractivity contribution in [1.82, 2.24) is 0 Å². The molecule has 5 heteroatoms. The van der Waals surface area contributed by atoms with Crippen molar-refractivity contribution >= 4 is 11.9 Å². The molecule has 0 saturated heterocycles. The number of esters is 2. The molecule has 0 aromatic rings. The van der Waals surface area contributed by atoms with Crippen LogP contribution in [0.5, 0.6) is 0 Å². The van der Waals surface area contributed by atoms with Gasteiger partial charge in [-0.25, -0.2) is 0 Å². The van der Waals surface area contributed by atoms with Crippen LogP contribution >= 0.6 is 0 Å². The predicted octanol–water partition coefficient (Wildman–Crippen LogP) is 23.4. The number of hydrogen-bond donors (Lipinski definition) is 1. The molecule has 0 bridgehead atoms. The van der Waals surface area contributed by atoms with Gasteiger partial charge in [0.2, 0.25) is 0 Å². The monoisotopic (exact) mass is 1090 g/mol. The van der Waals surface area contributed by atoms with Gasteiger partial charge in [0.15, 0.2) is 6.10 Å². The van der Waals surface area contributed by atoms with Crippen LogP contribution in [0.25, 0.3) is 0 Å². The van der Waals surface area contributed by atoms with E-state index in [9.17, 15) is 14.7 Å². The van der Waals surface area contributed by atoms with Gasteiger partial charge in [0, 0.05) is 12.8 Å². The minimum absolute atomic E-state index is 0.0878. The average Bonchev–Trinajstić information content (AvgIpc) is 3.45. The Balaban J connectivity index is 3.56. The summed E-state index contributed by atoms with van der Waals surface area (Å²) in [5.74, 6) is -0.638. The molecule has 0 aliphatic heterocycles. The summed E-state index contributed by atoms with van der Waals surface area (Å²) in [5.41, 5.74) is 0. The van der Waals surface area contributed by atoms with E-state index < -0.39 is 6.10 Å². The van der Waals surface area contributed by atoms with Gasteiger partial charge in [0.05, 0.1) is 6.61 Å². The normalized spacial score (nSPS) is 13.0. The van der Waals surface area contributed by atoms with E-state index in [1.54, 1.807) is 0 Å². The molecule has 1 atom stereocenters. The fourth-order valence-corrected chi connectivity index (χ4v) is 9.53. The molecule has 0 radical (unpaired) electrons. The summed E-state index contributed by atoms with van der Waals surface area (Å²) >= 11 is 0. The van der Waals surface area contributed by atoms with E-state index in [2.05, 4.69) is 135 Å². The Morgan fingerprint density at radius 2 is 0.544 bits per heavy atom. The van der Waals surface area contributed by atoms with Crippen LogP contribution in [0.1, 0.15) is 316 Å². The lowest BCUT2D eigenvalue weighted by Gasteiger charge is -2.15. The summed E-state index contributed by atoms with van der Waals surface area (Å²) < 4.78 is 10.7. The molecule has 0 aliphatic carbocycles. The molecule has 0 spiro atoms. The lowest BCUT2D eigenvalue weighted by Crippen LogP contribution is -2.28. The Labute approximate surface area is 490 Å². The zero-order valence-corrected chi connectivity index (χ0v) is 51.9. The highest BCUT2D eigenvalue weighted by atomic mass is 16.6. The molecule has 0 rings (SSSR count). The van der Waals surface area contributed by atoms with Gasteiger partial charge in [-0.3, -0.25) is 9.59 Å². The van der Waals surface area contributed by atoms with Crippen LogP contribution in [0.15, 0.2) is 122 Å². The molecule has 0 aliphatic rings. The number of aliphatic hydroxyl groups excluding tert-OH is 1. The molecular formula is C74H126O5. The first-order valence-corrected chi connectivity index (χ1v) is 33.6. The second-order valence-electron chi connectivity index (χ2n) is 22.2. The summed E-state index contributed by atoms with van der Waals surface area (Å²) in [7, 11) is 0. The first-order chi connectivity index (χ1) is 39.1. The largest absolute Gasteiger partial charge is 0.462 e. The summed E-state index contributed by atoms with van der Waals surface area (Å²) in [6.07, 6.45) is 101. The van der Waals surface area contributed by atoms with Gasteiger partial charge in [-0.1, -0.05) is 334 Å². The third kappa shape index (κ3) is 66.7. The van der Waals surface area contributed by atoms with Crippen molar-refractivity contribution in [1.29, 1.82) is 0 Å². The first kappa shape index (κ1) is 75.3. The summed E-state index contributed by atoms with van der Waals surface area (Å²) in [5, 5.41) is 9.68. The second kappa shape index (κ2) is 68.6. The van der Waals surface area contributed by atoms with E-state index in [1.165, 1.54) is 186 Å². The molecule has 0 heterocycles. The average molecular weight is 1100 g/mol. The van der Waals surface area contributed by atoms with E-state index in [1.807, 2.05) is 0 Å². The van der Waals surface area contributed by atoms with Crippen molar-refractivity contribution in [2.75, 3.05) is 13.2 Å². The number of unbranched alkanes of at least 4 members (excludes halogenated alkanes) is 33. The highest BCUT2D eigenvalue weighted by Crippen LogP contribution is 2.18. The van der Waals surface area contributed by atoms with Crippen LogP contribution < -0.4 is 0 Å². The Kier molecular flexibility index (Phi) is 65.4. The molecule has 0 aromatic carbocycles. The van der Waals surface area contributed by atoms with Crippen LogP contribution in [0.3, 0.4) is 0 Å². The fourth-order valence-electron chi connectivity index (χ4n) is 9.53. The molecule has 452 valence electrons. The quantitative estimate of drug-likeness (QED) is 0.0373. The Hall–Kier alpha value is -3.70. The van der Waals surface area contributed by atoms with E-state index in [0.29, 0.717) is 12.8 Å². The topological polar surface area (TPSA) is 72.8 Å². The van der Waals surface area contributed by atoms with Gasteiger partial charge in [0.1, 0.15) is 6.61 Å². The van der Waals surface area contributed by atoms with Crippen molar-refractivity contribution in [3.8, 4) is 0 Å². The van der Waals surface area contributed by atoms with Crippen molar-refractivity contribution < 1.29 is 24.2 Å². The summed E-state index contributed by atoms with van der Waals surface area (Å²) in [4.78, 5) is 24.6. The minimum Gasteiger partial charge on any atom is -0.462 e. The Morgan fingerprint density at radius 1 is 0.304 bits per heavy atom. The van der Waals surface area contributed by atoms with Gasteiger partial charge in [-0.15, -0.1) is 0 Å². The van der Waals surface area contributed by atoms with Crippen LogP contribution in [0.4, 0.5) is 0 Å². The lowest BCUT2D eigenvalue weighted by atomic mass is 10.0. The van der Waals surface area contributed by atoms with Gasteiger partial charge in [0.25, 0.3) is 0 Å². The number of hydrogen-bond acceptors (Lipinski definition) is 5. The number of ether oxygens (including phenoxy) is 2. The number of aliphatic hydroxyl groups is 1. The number of carbonyl (C=O) groups is 2. The van der Waals surface area contributed by atoms with E-state index in [-0.39, 0.29) is 25.2 Å². The molecule has 1 N–H and O–H groups in total. The maximum absolute atomic E-state index is 12.3. The summed E-state index contributed by atoms with van der Waals surface area (Å²) in [6, 6.07) is 0. The zero-order valence-electron chi connectivity index (χ0n) is 51.9. The maximum atomic E-state index is 12.3. The smallest absolute Gasteiger partial charge is 0.306 e. The van der Waals surface area contributed by atoms with Crippen LogP contribution in [-0.4, -0.2) is 36.4 Å². The SMILES string of the molecule is CC/C=C\C/C=C\C/C=C\C/C=C\C/C=C\C/C=C\C/C=C\C/C=C\C/C=C\C/C=C\CCCCC(=O)OC(CO)COC(=O)CCCCCCCCCCCCCCCCCCCCCCCCCCCCCCCCCC. The third-order valence-corrected chi connectivity index (χ3v) is 14.5. The number of rotatable bonds is 61. The van der Waals surface area contributed by atoms with Gasteiger partial charge < -0.3 is 14.6 Å². The second-order valence-corrected chi connectivity index (χ2v) is 22.2. The number of carbonyl (C=O) groups excluding carboxylic acids is 2. The third-order valence-electron chi connectivity index (χ3n) is 14.5. The molecule has 0 amide bonds. The molecule has 5 nitrogen and oxygen atoms in total. The first-order valence-electron chi connectivity index (χ1n) is 33.6. The van der Waals surface area contributed by atoms with E-state index >= 15 is 0 Å². The van der Waals surface area contributed by atoms with Crippen molar-refractivity contribution in [3.63, 3.8) is 0 Å². The minimum atomic E-state index is -0.804. The standard InChI is InChI=1S/C74H126O5/c1-3-5-7-9-11-13-15-17-19-21-23-25-27-29-31-33-35-37-39-41-43-45-47-49-51-53-55-57-59-61-63-65-67-69-74(77)79-72(70-75)71-78-73(76)68-66-64-62-60-58-56-54-52-50-48-46-44-42-40-38-36-34-32-30-28-26-24-22-20-18-16-14-12-10-8-6-4-2/h5,7,11,13,17,19,23,25,29,31,35,37,41,43,47,49,53,55,59,61,72,75H,3-4,6,8-10,12,14-16,18,20-22,24,26-28,30,32-34,36,38-40,42,44-46,48,50-52,54,56-58,60,62-71H2,1-2H3/b7-5-,13-11-,19-17-,25-23-,31-29-,37-35-,43-41-,49-47-,55-53-,61-59-. The van der Waals surface area contributed by atoms with E-state index in [0.717, 1.165) is 103 Å². The van der Waals surface area contributed by atoms with Crippen LogP contribution in [0, 0.1) is 0 Å². The number of allylic oxidation sites excluding steroid dienone is 20. The lowest BCUT2D eigenvalue weighted by molar-refractivity contribution is -0.161. The van der Waals surface area contributed by atoms with Crippen molar-refractivity contribution in [2.24, 2.45) is 0 Å². The zero-order chi connectivity index (χ0) is 56.9. The maximum Gasteiger partial charge on any atom is 0.306 e. The predicted molar refractivity (Wildman–Crippen MR) is 348 cm³/mol. The van der Waals surface area contributed by atoms with Gasteiger partial charge >= 0.3 is 11.9 Å². The van der Waals surface area contributed by atoms with Gasteiger partial charge in [-0.2, -0.15) is 0 Å². The molecular weight excluding hydrogens is 969 g/mol. The summed E-state index contributed by atoms with van der Waals surface area (Å²) in [6.45, 7) is 4.02. The molecule has 0 saturated carbocycles. The Morgan fingerprint density at radius 3 is 0.823 bits per heavy atom. The Bertz CT molecular complexity index is 1570. The van der Waals surface area contributed by atoms with Crippen molar-refractivity contribution in [2.45, 2.75) is 322 Å². The van der Waals surface area contributed by atoms with Crippen molar-refractivity contribution in [3.05, 3.63) is 122 Å². The molecule has 79 heavy (non-hydrogen) atoms. The van der Waals surface area contributed by atoms with Crippen LogP contribution in [-0.2, 0) is 19.1 Å². The molecule has 1 unspecified atom stereocenters. The highest BCUT2D eigenvalue weighted by Gasteiger charge is 2.16. The highest BCUT2D eigenvalue weighted by molar-refractivity contribution is 5.70. The molecule has 0 aromatic heterocycles.